The summed E-state index contributed by atoms with van der Waals surface area (Å²) in [6.07, 6.45) is 1.18. The first-order valence-corrected chi connectivity index (χ1v) is 10.7. The van der Waals surface area contributed by atoms with E-state index in [0.717, 1.165) is 0 Å². The molecule has 1 unspecified atom stereocenters. The summed E-state index contributed by atoms with van der Waals surface area (Å²) < 4.78 is 22.7. The largest absolute Gasteiger partial charge is 0.428 e. The van der Waals surface area contributed by atoms with Crippen LogP contribution in [0, 0.1) is 0 Å². The zero-order valence-corrected chi connectivity index (χ0v) is 18.6. The lowest BCUT2D eigenvalue weighted by Gasteiger charge is -2.46. The minimum Gasteiger partial charge on any atom is -0.428 e. The minimum absolute atomic E-state index is 0.216. The second kappa shape index (κ2) is 8.52. The summed E-state index contributed by atoms with van der Waals surface area (Å²) in [5.41, 5.74) is -0.312. The summed E-state index contributed by atoms with van der Waals surface area (Å²) >= 11 is 6.43. The number of hydrogen-bond donors (Lipinski definition) is 0. The van der Waals surface area contributed by atoms with Crippen molar-refractivity contribution < 1.29 is 33.4 Å². The molecule has 1 amide bonds. The van der Waals surface area contributed by atoms with Crippen molar-refractivity contribution in [3.05, 3.63) is 40.6 Å². The number of hydrogen-bond acceptors (Lipinski definition) is 7. The van der Waals surface area contributed by atoms with E-state index < -0.39 is 29.5 Å². The number of carbonyl (C=O) groups excluding carboxylic acids is 2. The van der Waals surface area contributed by atoms with Crippen LogP contribution in [0.2, 0.25) is 5.02 Å². The van der Waals surface area contributed by atoms with Gasteiger partial charge in [0.05, 0.1) is 18.8 Å². The Kier molecular flexibility index (Phi) is 6.11. The number of halogens is 1. The smallest absolute Gasteiger partial charge is 0.307 e. The van der Waals surface area contributed by atoms with Gasteiger partial charge in [-0.3, -0.25) is 9.59 Å². The molecule has 0 radical (unpaired) electrons. The fraction of sp³-hybridized carbons (Fsp3) is 0.545. The van der Waals surface area contributed by atoms with Crippen molar-refractivity contribution in [3.63, 3.8) is 0 Å². The average molecular weight is 452 g/mol. The predicted molar refractivity (Wildman–Crippen MR) is 110 cm³/mol. The first-order chi connectivity index (χ1) is 14.8. The van der Waals surface area contributed by atoms with E-state index in [2.05, 4.69) is 0 Å². The molecule has 0 bridgehead atoms. The van der Waals surface area contributed by atoms with Gasteiger partial charge in [0.25, 0.3) is 5.91 Å². The van der Waals surface area contributed by atoms with E-state index in [1.807, 2.05) is 0 Å². The number of rotatable bonds is 5. The highest BCUT2D eigenvalue weighted by molar-refractivity contribution is 6.35. The predicted octanol–water partition coefficient (Wildman–Crippen LogP) is 3.44. The Morgan fingerprint density at radius 2 is 1.81 bits per heavy atom. The Hall–Kier alpha value is -1.97. The molecule has 1 atom stereocenters. The molecule has 31 heavy (non-hydrogen) atoms. The molecule has 168 valence electrons. The summed E-state index contributed by atoms with van der Waals surface area (Å²) in [6, 6.07) is 6.96. The summed E-state index contributed by atoms with van der Waals surface area (Å²) in [5, 5.41) is 1.67. The zero-order valence-electron chi connectivity index (χ0n) is 17.8. The Bertz CT molecular complexity index is 899. The highest BCUT2D eigenvalue weighted by Gasteiger charge is 2.60. The molecule has 1 aliphatic carbocycles. The van der Waals surface area contributed by atoms with Gasteiger partial charge in [0, 0.05) is 37.5 Å². The van der Waals surface area contributed by atoms with Gasteiger partial charge in [-0.15, -0.1) is 0 Å². The van der Waals surface area contributed by atoms with Crippen LogP contribution in [-0.2, 0) is 33.4 Å². The lowest BCUT2D eigenvalue weighted by molar-refractivity contribution is -0.294. The minimum atomic E-state index is -1.01. The van der Waals surface area contributed by atoms with E-state index in [0.29, 0.717) is 49.5 Å². The van der Waals surface area contributed by atoms with Gasteiger partial charge >= 0.3 is 5.97 Å². The Morgan fingerprint density at radius 3 is 2.39 bits per heavy atom. The van der Waals surface area contributed by atoms with E-state index in [1.54, 1.807) is 31.2 Å². The summed E-state index contributed by atoms with van der Waals surface area (Å²) in [7, 11) is 1.49. The third kappa shape index (κ3) is 3.87. The van der Waals surface area contributed by atoms with E-state index in [1.165, 1.54) is 19.1 Å². The van der Waals surface area contributed by atoms with Gasteiger partial charge in [0.15, 0.2) is 12.1 Å². The van der Waals surface area contributed by atoms with Crippen molar-refractivity contribution in [2.45, 2.75) is 57.1 Å². The van der Waals surface area contributed by atoms with Crippen molar-refractivity contribution in [2.24, 2.45) is 0 Å². The molecule has 1 saturated carbocycles. The lowest BCUT2D eigenvalue weighted by Crippen LogP contribution is -2.55. The Balaban J connectivity index is 1.83. The number of carbonyl (C=O) groups is 2. The van der Waals surface area contributed by atoms with Crippen molar-refractivity contribution >= 4 is 29.1 Å². The van der Waals surface area contributed by atoms with Gasteiger partial charge in [-0.1, -0.05) is 29.8 Å². The van der Waals surface area contributed by atoms with Crippen LogP contribution >= 0.6 is 11.6 Å². The first-order valence-electron chi connectivity index (χ1n) is 10.3. The number of hydroxylamine groups is 2. The van der Waals surface area contributed by atoms with Crippen LogP contribution < -0.4 is 0 Å². The van der Waals surface area contributed by atoms with Crippen LogP contribution in [0.5, 0.6) is 0 Å². The summed E-state index contributed by atoms with van der Waals surface area (Å²) in [4.78, 5) is 31.7. The quantitative estimate of drug-likeness (QED) is 0.501. The van der Waals surface area contributed by atoms with Crippen molar-refractivity contribution in [2.75, 3.05) is 20.3 Å². The van der Waals surface area contributed by atoms with Crippen LogP contribution in [0.4, 0.5) is 0 Å². The third-order valence-electron chi connectivity index (χ3n) is 6.06. The van der Waals surface area contributed by atoms with Crippen molar-refractivity contribution in [3.8, 4) is 0 Å². The number of esters is 1. The topological polar surface area (TPSA) is 83.5 Å². The molecule has 2 fully saturated rings. The van der Waals surface area contributed by atoms with E-state index in [4.69, 9.17) is 35.4 Å². The monoisotopic (exact) mass is 451 g/mol. The molecule has 0 aromatic heterocycles. The van der Waals surface area contributed by atoms with E-state index >= 15 is 0 Å². The van der Waals surface area contributed by atoms with Crippen LogP contribution in [0.15, 0.2) is 30.0 Å². The number of benzene rings is 1. The molecular weight excluding hydrogens is 426 g/mol. The Morgan fingerprint density at radius 1 is 1.16 bits per heavy atom. The maximum absolute atomic E-state index is 13.7. The maximum Gasteiger partial charge on any atom is 0.307 e. The SMILES string of the molecule is COC(C)ON1C(=O)C(c2ccccc2Cl)=C(OC(C)=O)C12CCC1(CC2)OCCO1. The fourth-order valence-corrected chi connectivity index (χ4v) is 4.74. The second-order valence-corrected chi connectivity index (χ2v) is 8.33. The molecule has 2 aliphatic heterocycles. The van der Waals surface area contributed by atoms with Gasteiger partial charge in [0.1, 0.15) is 11.3 Å². The summed E-state index contributed by atoms with van der Waals surface area (Å²) in [5.74, 6) is -1.39. The second-order valence-electron chi connectivity index (χ2n) is 7.93. The molecule has 1 aromatic rings. The van der Waals surface area contributed by atoms with E-state index in [-0.39, 0.29) is 11.3 Å². The number of methoxy groups -OCH3 is 1. The molecule has 8 nitrogen and oxygen atoms in total. The highest BCUT2D eigenvalue weighted by Crippen LogP contribution is 2.53. The standard InChI is InChI=1S/C22H26ClNO7/c1-14(25)30-19-18(16-6-4-5-7-17(16)23)20(26)24(31-15(2)27-3)21(19)8-10-22(11-9-21)28-12-13-29-22/h4-7,15H,8-13H2,1-3H3. The van der Waals surface area contributed by atoms with Gasteiger partial charge in [-0.2, -0.15) is 0 Å². The van der Waals surface area contributed by atoms with Crippen LogP contribution in [0.1, 0.15) is 45.1 Å². The lowest BCUT2D eigenvalue weighted by atomic mass is 9.77. The molecule has 9 heteroatoms. The molecule has 0 N–H and O–H groups in total. The van der Waals surface area contributed by atoms with Crippen molar-refractivity contribution in [1.29, 1.82) is 0 Å². The van der Waals surface area contributed by atoms with Gasteiger partial charge < -0.3 is 18.9 Å². The molecule has 2 spiro atoms. The molecule has 3 aliphatic rings. The molecular formula is C22H26ClNO7. The summed E-state index contributed by atoms with van der Waals surface area (Å²) in [6.45, 7) is 4.06. The molecule has 1 aromatic carbocycles. The van der Waals surface area contributed by atoms with Gasteiger partial charge in [0.2, 0.25) is 0 Å². The number of amides is 1. The Labute approximate surface area is 185 Å². The van der Waals surface area contributed by atoms with E-state index in [9.17, 15) is 9.59 Å². The van der Waals surface area contributed by atoms with Gasteiger partial charge in [-0.05, 0) is 25.8 Å². The van der Waals surface area contributed by atoms with Gasteiger partial charge in [-0.25, -0.2) is 9.90 Å². The molecule has 2 heterocycles. The fourth-order valence-electron chi connectivity index (χ4n) is 4.51. The zero-order chi connectivity index (χ0) is 22.2. The number of nitrogens with zero attached hydrogens (tertiary/aromatic N) is 1. The van der Waals surface area contributed by atoms with Crippen molar-refractivity contribution in [1.82, 2.24) is 5.06 Å². The maximum atomic E-state index is 13.7. The molecule has 4 rings (SSSR count). The number of ether oxygens (including phenoxy) is 4. The van der Waals surface area contributed by atoms with Crippen LogP contribution in [-0.4, -0.2) is 54.9 Å². The van der Waals surface area contributed by atoms with Crippen LogP contribution in [0.25, 0.3) is 5.57 Å². The average Bonchev–Trinajstić information content (AvgIpc) is 3.28. The third-order valence-corrected chi connectivity index (χ3v) is 6.39. The molecule has 1 saturated heterocycles. The normalized spacial score (nSPS) is 23.1. The highest BCUT2D eigenvalue weighted by atomic mass is 35.5. The van der Waals surface area contributed by atoms with Crippen LogP contribution in [0.3, 0.4) is 0 Å². The first kappa shape index (κ1) is 22.2.